The van der Waals surface area contributed by atoms with Crippen LogP contribution in [0.3, 0.4) is 0 Å². The van der Waals surface area contributed by atoms with E-state index in [2.05, 4.69) is 0 Å². The van der Waals surface area contributed by atoms with Crippen molar-refractivity contribution in [1.82, 2.24) is 0 Å². The minimum atomic E-state index is -3.56. The van der Waals surface area contributed by atoms with Crippen molar-refractivity contribution in [3.8, 4) is 11.5 Å². The number of carbonyl (C=O) groups is 1. The molecule has 208 valence electrons. The van der Waals surface area contributed by atoms with Crippen LogP contribution < -0.4 is 20.9 Å². The van der Waals surface area contributed by atoms with Gasteiger partial charge in [-0.2, -0.15) is 8.78 Å². The topological polar surface area (TPSA) is 96.8 Å². The minimum Gasteiger partial charge on any atom is -0.494 e. The molecule has 39 heavy (non-hydrogen) atoms. The molecular weight excluding hydrogens is 509 g/mol. The number of benzene rings is 3. The summed E-state index contributed by atoms with van der Waals surface area (Å²) in [6.45, 7) is 2.05. The first-order chi connectivity index (χ1) is 18.7. The summed E-state index contributed by atoms with van der Waals surface area (Å²) in [5.74, 6) is -0.255. The van der Waals surface area contributed by atoms with Gasteiger partial charge in [0.15, 0.2) is 0 Å². The summed E-state index contributed by atoms with van der Waals surface area (Å²) in [5.41, 5.74) is 13.9. The lowest BCUT2D eigenvalue weighted by atomic mass is 10.00. The number of nitrogen functional groups attached to an aromatic ring is 2. The summed E-state index contributed by atoms with van der Waals surface area (Å²) in [7, 11) is 0. The number of halogens is 3. The van der Waals surface area contributed by atoms with Crippen LogP contribution in [0.15, 0.2) is 72.8 Å². The molecule has 9 heteroatoms. The second-order valence-corrected chi connectivity index (χ2v) is 9.06. The zero-order valence-corrected chi connectivity index (χ0v) is 21.7. The molecule has 3 aromatic rings. The highest BCUT2D eigenvalue weighted by Crippen LogP contribution is 2.32. The lowest BCUT2D eigenvalue weighted by molar-refractivity contribution is -0.185. The fourth-order valence-corrected chi connectivity index (χ4v) is 3.71. The van der Waals surface area contributed by atoms with E-state index in [0.29, 0.717) is 48.6 Å². The van der Waals surface area contributed by atoms with Gasteiger partial charge in [0, 0.05) is 23.4 Å². The standard InChI is InChI=1S/C30H33F3N2O4/c1-21(27-15-10-24(34)19-28(27)35)20-38-29(36)16-7-22-5-11-26(12-6-22)39-30(32,33)23-8-13-25(14-9-23)37-18-4-2-3-17-31/h5-16,19,21H,2-4,17-18,20,34-35H2,1H3/b16-7+. The van der Waals surface area contributed by atoms with E-state index in [9.17, 15) is 18.0 Å². The highest BCUT2D eigenvalue weighted by molar-refractivity contribution is 5.87. The Morgan fingerprint density at radius 2 is 1.64 bits per heavy atom. The molecule has 6 nitrogen and oxygen atoms in total. The molecule has 0 aliphatic carbocycles. The molecular formula is C30H33F3N2O4. The third-order valence-corrected chi connectivity index (χ3v) is 5.89. The SMILES string of the molecule is CC(COC(=O)/C=C/c1ccc(OC(F)(F)c2ccc(OCCCCCF)cc2)cc1)c1ccc(N)cc1N. The Morgan fingerprint density at radius 1 is 0.949 bits per heavy atom. The average Bonchev–Trinajstić information content (AvgIpc) is 2.91. The van der Waals surface area contributed by atoms with Crippen molar-refractivity contribution in [2.45, 2.75) is 38.2 Å². The lowest BCUT2D eigenvalue weighted by Gasteiger charge is -2.18. The van der Waals surface area contributed by atoms with Gasteiger partial charge in [-0.25, -0.2) is 4.79 Å². The molecule has 0 aromatic heterocycles. The molecule has 0 saturated heterocycles. The van der Waals surface area contributed by atoms with Crippen molar-refractivity contribution < 1.29 is 32.2 Å². The van der Waals surface area contributed by atoms with Crippen LogP contribution in [-0.4, -0.2) is 25.9 Å². The maximum atomic E-state index is 14.6. The van der Waals surface area contributed by atoms with Crippen molar-refractivity contribution in [2.24, 2.45) is 0 Å². The number of ether oxygens (including phenoxy) is 3. The van der Waals surface area contributed by atoms with E-state index in [4.69, 9.17) is 25.7 Å². The van der Waals surface area contributed by atoms with Crippen LogP contribution in [0.1, 0.15) is 48.8 Å². The summed E-state index contributed by atoms with van der Waals surface area (Å²) >= 11 is 0. The molecule has 4 N–H and O–H groups in total. The van der Waals surface area contributed by atoms with Gasteiger partial charge in [-0.05, 0) is 85.0 Å². The van der Waals surface area contributed by atoms with E-state index in [1.807, 2.05) is 6.92 Å². The van der Waals surface area contributed by atoms with E-state index in [1.165, 1.54) is 48.6 Å². The zero-order valence-electron chi connectivity index (χ0n) is 21.7. The summed E-state index contributed by atoms with van der Waals surface area (Å²) in [4.78, 5) is 12.1. The van der Waals surface area contributed by atoms with Gasteiger partial charge in [-0.1, -0.05) is 25.1 Å². The van der Waals surface area contributed by atoms with E-state index < -0.39 is 12.1 Å². The average molecular weight is 543 g/mol. The molecule has 0 aliphatic heterocycles. The number of carbonyl (C=O) groups excluding carboxylic acids is 1. The molecule has 3 rings (SSSR count). The number of esters is 1. The first-order valence-electron chi connectivity index (χ1n) is 12.6. The highest BCUT2D eigenvalue weighted by atomic mass is 19.3. The van der Waals surface area contributed by atoms with Crippen LogP contribution in [-0.2, 0) is 15.6 Å². The monoisotopic (exact) mass is 542 g/mol. The quantitative estimate of drug-likeness (QED) is 0.100. The van der Waals surface area contributed by atoms with Crippen LogP contribution in [0, 0.1) is 0 Å². The number of hydrogen-bond acceptors (Lipinski definition) is 6. The number of unbranched alkanes of at least 4 members (excludes halogenated alkanes) is 2. The normalized spacial score (nSPS) is 12.3. The van der Waals surface area contributed by atoms with Gasteiger partial charge in [0.1, 0.15) is 11.5 Å². The largest absolute Gasteiger partial charge is 0.494 e. The van der Waals surface area contributed by atoms with Crippen molar-refractivity contribution in [2.75, 3.05) is 31.4 Å². The Hall–Kier alpha value is -4.14. The number of anilines is 2. The van der Waals surface area contributed by atoms with Crippen LogP contribution in [0.5, 0.6) is 11.5 Å². The predicted octanol–water partition coefficient (Wildman–Crippen LogP) is 6.86. The summed E-state index contributed by atoms with van der Waals surface area (Å²) in [6, 6.07) is 16.4. The van der Waals surface area contributed by atoms with Crippen LogP contribution >= 0.6 is 0 Å². The highest BCUT2D eigenvalue weighted by Gasteiger charge is 2.34. The van der Waals surface area contributed by atoms with Gasteiger partial charge in [-0.15, -0.1) is 0 Å². The Balaban J connectivity index is 1.48. The smallest absolute Gasteiger partial charge is 0.426 e. The maximum absolute atomic E-state index is 14.6. The Bertz CT molecular complexity index is 1230. The molecule has 0 saturated carbocycles. The molecule has 0 radical (unpaired) electrons. The van der Waals surface area contributed by atoms with Gasteiger partial charge >= 0.3 is 12.1 Å². The molecule has 0 spiro atoms. The zero-order chi connectivity index (χ0) is 28.3. The van der Waals surface area contributed by atoms with Crippen molar-refractivity contribution in [1.29, 1.82) is 0 Å². The number of alkyl halides is 3. The summed E-state index contributed by atoms with van der Waals surface area (Å²) in [5, 5.41) is 0. The van der Waals surface area contributed by atoms with Crippen LogP contribution in [0.2, 0.25) is 0 Å². The Kier molecular flexibility index (Phi) is 10.7. The van der Waals surface area contributed by atoms with Crippen LogP contribution in [0.4, 0.5) is 24.5 Å². The van der Waals surface area contributed by atoms with E-state index in [0.717, 1.165) is 5.56 Å². The number of rotatable bonds is 14. The first kappa shape index (κ1) is 29.4. The Labute approximate surface area is 226 Å². The molecule has 0 fully saturated rings. The van der Waals surface area contributed by atoms with Gasteiger partial charge in [0.25, 0.3) is 0 Å². The van der Waals surface area contributed by atoms with Crippen LogP contribution in [0.25, 0.3) is 6.08 Å². The number of nitrogens with two attached hydrogens (primary N) is 2. The van der Waals surface area contributed by atoms with E-state index in [-0.39, 0.29) is 30.5 Å². The molecule has 0 heterocycles. The van der Waals surface area contributed by atoms with E-state index >= 15 is 0 Å². The van der Waals surface area contributed by atoms with Crippen molar-refractivity contribution in [3.05, 3.63) is 89.5 Å². The molecule has 1 atom stereocenters. The lowest BCUT2D eigenvalue weighted by Crippen LogP contribution is -2.21. The molecule has 0 aliphatic rings. The number of hydrogen-bond donors (Lipinski definition) is 2. The van der Waals surface area contributed by atoms with E-state index in [1.54, 1.807) is 30.3 Å². The fraction of sp³-hybridized carbons (Fsp3) is 0.300. The second kappa shape index (κ2) is 14.1. The molecule has 0 amide bonds. The van der Waals surface area contributed by atoms with Gasteiger partial charge < -0.3 is 25.7 Å². The maximum Gasteiger partial charge on any atom is 0.426 e. The summed E-state index contributed by atoms with van der Waals surface area (Å²) < 4.78 is 57.1. The fourth-order valence-electron chi connectivity index (χ4n) is 3.71. The predicted molar refractivity (Wildman–Crippen MR) is 146 cm³/mol. The van der Waals surface area contributed by atoms with Crippen molar-refractivity contribution in [3.63, 3.8) is 0 Å². The Morgan fingerprint density at radius 3 is 2.31 bits per heavy atom. The third-order valence-electron chi connectivity index (χ3n) is 5.89. The van der Waals surface area contributed by atoms with Gasteiger partial charge in [-0.3, -0.25) is 4.39 Å². The molecule has 3 aromatic carbocycles. The third kappa shape index (κ3) is 9.28. The second-order valence-electron chi connectivity index (χ2n) is 9.06. The minimum absolute atomic E-state index is 0.0390. The van der Waals surface area contributed by atoms with Gasteiger partial charge in [0.05, 0.1) is 25.5 Å². The molecule has 1 unspecified atom stereocenters. The van der Waals surface area contributed by atoms with Crippen molar-refractivity contribution >= 4 is 23.4 Å². The van der Waals surface area contributed by atoms with Gasteiger partial charge in [0.2, 0.25) is 0 Å². The first-order valence-corrected chi connectivity index (χ1v) is 12.6. The summed E-state index contributed by atoms with van der Waals surface area (Å²) in [6.07, 6.45) is 1.09. The molecule has 0 bridgehead atoms.